The number of carbonyl (C=O) groups is 2. The Morgan fingerprint density at radius 2 is 1.89 bits per heavy atom. The number of amides is 1. The molecule has 0 aliphatic carbocycles. The van der Waals surface area contributed by atoms with Gasteiger partial charge >= 0.3 is 6.09 Å². The number of benzene rings is 2. The van der Waals surface area contributed by atoms with Gasteiger partial charge in [-0.2, -0.15) is 0 Å². The summed E-state index contributed by atoms with van der Waals surface area (Å²) in [5, 5.41) is 9.18. The molecule has 1 N–H and O–H groups in total. The molecule has 3 rings (SSSR count). The Morgan fingerprint density at radius 3 is 2.46 bits per heavy atom. The maximum absolute atomic E-state index is 13.3. The van der Waals surface area contributed by atoms with Crippen molar-refractivity contribution >= 4 is 27.8 Å². The van der Waals surface area contributed by atoms with Gasteiger partial charge in [0.1, 0.15) is 18.0 Å². The van der Waals surface area contributed by atoms with Crippen LogP contribution < -0.4 is 0 Å². The van der Waals surface area contributed by atoms with Crippen LogP contribution >= 0.6 is 15.9 Å². The lowest BCUT2D eigenvalue weighted by Crippen LogP contribution is -2.49. The van der Waals surface area contributed by atoms with Crippen LogP contribution in [-0.2, 0) is 15.1 Å². The maximum Gasteiger partial charge on any atom is 0.411 e. The quantitative estimate of drug-likeness (QED) is 0.711. The monoisotopic (exact) mass is 449 g/mol. The van der Waals surface area contributed by atoms with Crippen LogP contribution in [0.1, 0.15) is 36.9 Å². The molecule has 1 heterocycles. The smallest absolute Gasteiger partial charge is 0.411 e. The van der Waals surface area contributed by atoms with Crippen molar-refractivity contribution in [3.63, 3.8) is 0 Å². The fraction of sp³-hybridized carbons (Fsp3) is 0.333. The third-order valence-corrected chi connectivity index (χ3v) is 5.65. The van der Waals surface area contributed by atoms with E-state index in [4.69, 9.17) is 4.74 Å². The standard InChI is InChI=1S/C21H21BrFNO4/c1-14(15-2-6-17(22)7-3-15)24-11-10-21(28-20(24)27,12-19(26)13-25)16-4-8-18(23)9-5-16/h2-9,14,25H,10-13H2,1H3/t14-,21?/m0/s1. The molecular formula is C21H21BrFNO4. The Kier molecular flexibility index (Phi) is 6.15. The van der Waals surface area contributed by atoms with Crippen molar-refractivity contribution in [3.8, 4) is 0 Å². The average Bonchev–Trinajstić information content (AvgIpc) is 2.68. The Bertz CT molecular complexity index is 856. The average molecular weight is 450 g/mol. The normalized spacial score (nSPS) is 20.6. The number of hydrogen-bond acceptors (Lipinski definition) is 4. The van der Waals surface area contributed by atoms with Crippen LogP contribution in [0.2, 0.25) is 0 Å². The molecule has 5 nitrogen and oxygen atoms in total. The van der Waals surface area contributed by atoms with Gasteiger partial charge in [0.2, 0.25) is 0 Å². The minimum absolute atomic E-state index is 0.151. The molecule has 0 spiro atoms. The van der Waals surface area contributed by atoms with Gasteiger partial charge in [-0.25, -0.2) is 9.18 Å². The van der Waals surface area contributed by atoms with E-state index in [9.17, 15) is 19.1 Å². The molecule has 28 heavy (non-hydrogen) atoms. The van der Waals surface area contributed by atoms with Crippen molar-refractivity contribution in [2.24, 2.45) is 0 Å². The van der Waals surface area contributed by atoms with Crippen molar-refractivity contribution < 1.29 is 23.8 Å². The Balaban J connectivity index is 1.85. The first-order valence-corrected chi connectivity index (χ1v) is 9.77. The summed E-state index contributed by atoms with van der Waals surface area (Å²) in [6.07, 6.45) is -0.338. The molecule has 1 unspecified atom stereocenters. The number of aliphatic hydroxyl groups excluding tert-OH is 1. The minimum atomic E-state index is -1.21. The second-order valence-electron chi connectivity index (χ2n) is 6.91. The fourth-order valence-electron chi connectivity index (χ4n) is 3.50. The van der Waals surface area contributed by atoms with E-state index in [1.807, 2.05) is 31.2 Å². The van der Waals surface area contributed by atoms with Gasteiger partial charge in [-0.1, -0.05) is 40.2 Å². The summed E-state index contributed by atoms with van der Waals surface area (Å²) >= 11 is 3.39. The summed E-state index contributed by atoms with van der Waals surface area (Å²) in [6, 6.07) is 13.0. The van der Waals surface area contributed by atoms with Crippen LogP contribution in [-0.4, -0.2) is 35.0 Å². The van der Waals surface area contributed by atoms with Gasteiger partial charge in [0, 0.05) is 17.4 Å². The lowest BCUT2D eigenvalue weighted by molar-refractivity contribution is -0.131. The number of hydrogen-bond donors (Lipinski definition) is 1. The van der Waals surface area contributed by atoms with E-state index in [-0.39, 0.29) is 12.5 Å². The van der Waals surface area contributed by atoms with Crippen LogP contribution in [0, 0.1) is 5.82 Å². The van der Waals surface area contributed by atoms with Crippen LogP contribution in [0.5, 0.6) is 0 Å². The maximum atomic E-state index is 13.3. The first-order chi connectivity index (χ1) is 13.3. The van der Waals surface area contributed by atoms with E-state index in [2.05, 4.69) is 15.9 Å². The molecule has 1 amide bonds. The second-order valence-corrected chi connectivity index (χ2v) is 7.83. The zero-order chi connectivity index (χ0) is 20.3. The number of nitrogens with zero attached hydrogens (tertiary/aromatic N) is 1. The van der Waals surface area contributed by atoms with Crippen LogP contribution in [0.3, 0.4) is 0 Å². The van der Waals surface area contributed by atoms with Gasteiger partial charge in [0.15, 0.2) is 5.78 Å². The molecule has 1 aliphatic rings. The molecule has 1 aliphatic heterocycles. The topological polar surface area (TPSA) is 66.8 Å². The highest BCUT2D eigenvalue weighted by Crippen LogP contribution is 2.40. The largest absolute Gasteiger partial charge is 0.437 e. The van der Waals surface area contributed by atoms with E-state index < -0.39 is 29.9 Å². The summed E-state index contributed by atoms with van der Waals surface area (Å²) in [7, 11) is 0. The first kappa shape index (κ1) is 20.5. The Labute approximate surface area is 171 Å². The number of carbonyl (C=O) groups excluding carboxylic acids is 2. The molecule has 0 saturated carbocycles. The molecule has 2 aromatic carbocycles. The number of ether oxygens (including phenoxy) is 1. The number of ketones is 1. The van der Waals surface area contributed by atoms with Crippen molar-refractivity contribution in [1.82, 2.24) is 4.90 Å². The van der Waals surface area contributed by atoms with E-state index in [0.717, 1.165) is 10.0 Å². The highest BCUT2D eigenvalue weighted by Gasteiger charge is 2.44. The van der Waals surface area contributed by atoms with Crippen LogP contribution in [0.4, 0.5) is 9.18 Å². The summed E-state index contributed by atoms with van der Waals surface area (Å²) in [6.45, 7) is 1.64. The summed E-state index contributed by atoms with van der Waals surface area (Å²) < 4.78 is 20.1. The van der Waals surface area contributed by atoms with Crippen LogP contribution in [0.25, 0.3) is 0 Å². The molecule has 148 valence electrons. The number of cyclic esters (lactones) is 1. The van der Waals surface area contributed by atoms with E-state index in [0.29, 0.717) is 18.5 Å². The lowest BCUT2D eigenvalue weighted by Gasteiger charge is -2.43. The molecule has 1 saturated heterocycles. The summed E-state index contributed by atoms with van der Waals surface area (Å²) in [5.41, 5.74) is 0.293. The molecule has 7 heteroatoms. The number of halogens is 2. The van der Waals surface area contributed by atoms with Gasteiger partial charge in [-0.3, -0.25) is 4.79 Å². The van der Waals surface area contributed by atoms with Crippen molar-refractivity contribution in [3.05, 3.63) is 69.9 Å². The zero-order valence-corrected chi connectivity index (χ0v) is 17.0. The molecule has 0 radical (unpaired) electrons. The minimum Gasteiger partial charge on any atom is -0.437 e. The van der Waals surface area contributed by atoms with Crippen molar-refractivity contribution in [2.45, 2.75) is 31.4 Å². The Morgan fingerprint density at radius 1 is 1.25 bits per heavy atom. The SMILES string of the molecule is C[C@@H](c1ccc(Br)cc1)N1CCC(CC(=O)CO)(c2ccc(F)cc2)OC1=O. The number of rotatable bonds is 6. The van der Waals surface area contributed by atoms with Gasteiger partial charge in [0.05, 0.1) is 12.5 Å². The highest BCUT2D eigenvalue weighted by molar-refractivity contribution is 9.10. The van der Waals surface area contributed by atoms with Gasteiger partial charge in [-0.05, 0) is 42.3 Å². The van der Waals surface area contributed by atoms with E-state index in [1.165, 1.54) is 24.3 Å². The zero-order valence-electron chi connectivity index (χ0n) is 15.4. The summed E-state index contributed by atoms with van der Waals surface area (Å²) in [4.78, 5) is 26.4. The lowest BCUT2D eigenvalue weighted by atomic mass is 9.84. The van der Waals surface area contributed by atoms with Gasteiger partial charge in [-0.15, -0.1) is 0 Å². The van der Waals surface area contributed by atoms with E-state index in [1.54, 1.807) is 4.90 Å². The van der Waals surface area contributed by atoms with E-state index >= 15 is 0 Å². The van der Waals surface area contributed by atoms with Gasteiger partial charge in [0.25, 0.3) is 0 Å². The third-order valence-electron chi connectivity index (χ3n) is 5.12. The third kappa shape index (κ3) is 4.25. The molecule has 2 aromatic rings. The van der Waals surface area contributed by atoms with Gasteiger partial charge < -0.3 is 14.7 Å². The summed E-state index contributed by atoms with van der Waals surface area (Å²) in [5.74, 6) is -0.855. The number of aliphatic hydroxyl groups is 1. The molecule has 2 atom stereocenters. The second kappa shape index (κ2) is 8.41. The molecule has 1 fully saturated rings. The predicted molar refractivity (Wildman–Crippen MR) is 105 cm³/mol. The highest BCUT2D eigenvalue weighted by atomic mass is 79.9. The first-order valence-electron chi connectivity index (χ1n) is 8.98. The Hall–Kier alpha value is -2.25. The van der Waals surface area contributed by atoms with Crippen molar-refractivity contribution in [2.75, 3.05) is 13.2 Å². The molecular weight excluding hydrogens is 429 g/mol. The van der Waals surface area contributed by atoms with Crippen LogP contribution in [0.15, 0.2) is 53.0 Å². The molecule has 0 bridgehead atoms. The molecule has 0 aromatic heterocycles. The predicted octanol–water partition coefficient (Wildman–Crippen LogP) is 4.34. The fourth-order valence-corrected chi connectivity index (χ4v) is 3.76. The van der Waals surface area contributed by atoms with Crippen molar-refractivity contribution in [1.29, 1.82) is 0 Å². The number of Topliss-reactive ketones (excluding diaryl/α,β-unsaturated/α-hetero) is 1.